The van der Waals surface area contributed by atoms with Crippen molar-refractivity contribution in [2.75, 3.05) is 0 Å². The van der Waals surface area contributed by atoms with Gasteiger partial charge in [0.15, 0.2) is 11.5 Å². The zero-order valence-corrected chi connectivity index (χ0v) is 12.4. The van der Waals surface area contributed by atoms with Crippen LogP contribution in [0, 0.1) is 0 Å². The summed E-state index contributed by atoms with van der Waals surface area (Å²) in [7, 11) is 0. The third-order valence-corrected chi connectivity index (χ3v) is 3.43. The van der Waals surface area contributed by atoms with Crippen LogP contribution in [-0.2, 0) is 0 Å². The Hall–Kier alpha value is -2.24. The van der Waals surface area contributed by atoms with Gasteiger partial charge >= 0.3 is 0 Å². The fourth-order valence-electron chi connectivity index (χ4n) is 1.97. The minimum atomic E-state index is 0.178. The Bertz CT molecular complexity index is 838. The minimum Gasteiger partial charge on any atom is -0.453 e. The first-order valence-corrected chi connectivity index (χ1v) is 6.91. The molecule has 2 heterocycles. The van der Waals surface area contributed by atoms with E-state index in [2.05, 4.69) is 9.97 Å². The summed E-state index contributed by atoms with van der Waals surface area (Å²) >= 11 is 11.1. The average molecular weight is 316 g/mol. The Morgan fingerprint density at radius 3 is 2.62 bits per heavy atom. The molecule has 0 radical (unpaired) electrons. The van der Waals surface area contributed by atoms with E-state index in [1.165, 1.54) is 0 Å². The molecule has 21 heavy (non-hydrogen) atoms. The van der Waals surface area contributed by atoms with Crippen molar-refractivity contribution in [3.63, 3.8) is 0 Å². The molecule has 3 aromatic rings. The van der Waals surface area contributed by atoms with Gasteiger partial charge < -0.3 is 10.5 Å². The van der Waals surface area contributed by atoms with Gasteiger partial charge in [-0.3, -0.25) is 4.98 Å². The molecule has 0 spiro atoms. The molecule has 0 fully saturated rings. The van der Waals surface area contributed by atoms with E-state index in [1.807, 2.05) is 12.1 Å². The maximum Gasteiger partial charge on any atom is 0.156 e. The molecule has 0 saturated heterocycles. The van der Waals surface area contributed by atoms with Crippen molar-refractivity contribution in [2.45, 2.75) is 0 Å². The molecule has 0 aliphatic rings. The van der Waals surface area contributed by atoms with Crippen molar-refractivity contribution >= 4 is 39.7 Å². The Morgan fingerprint density at radius 1 is 1.05 bits per heavy atom. The van der Waals surface area contributed by atoms with E-state index in [-0.39, 0.29) is 4.99 Å². The van der Waals surface area contributed by atoms with E-state index >= 15 is 0 Å². The van der Waals surface area contributed by atoms with Gasteiger partial charge in [-0.2, -0.15) is 0 Å². The summed E-state index contributed by atoms with van der Waals surface area (Å²) in [6.45, 7) is 0. The van der Waals surface area contributed by atoms with E-state index in [4.69, 9.17) is 34.3 Å². The van der Waals surface area contributed by atoms with Gasteiger partial charge in [-0.05, 0) is 36.4 Å². The Kier molecular flexibility index (Phi) is 3.68. The lowest BCUT2D eigenvalue weighted by Gasteiger charge is -2.11. The number of fused-ring (bicyclic) bond motifs is 1. The molecule has 4 nitrogen and oxygen atoms in total. The van der Waals surface area contributed by atoms with Gasteiger partial charge in [0.1, 0.15) is 16.2 Å². The Labute approximate surface area is 131 Å². The van der Waals surface area contributed by atoms with E-state index in [0.29, 0.717) is 27.7 Å². The number of hydrogen-bond acceptors (Lipinski definition) is 4. The van der Waals surface area contributed by atoms with Gasteiger partial charge in [-0.1, -0.05) is 23.8 Å². The number of nitrogens with two attached hydrogens (primary N) is 1. The number of hydrogen-bond donors (Lipinski definition) is 1. The molecule has 0 atom stereocenters. The number of benzene rings is 1. The van der Waals surface area contributed by atoms with Gasteiger partial charge in [0.25, 0.3) is 0 Å². The molecule has 2 N–H and O–H groups in total. The first-order valence-electron chi connectivity index (χ1n) is 6.13. The molecule has 1 aromatic carbocycles. The second-order valence-electron chi connectivity index (χ2n) is 4.26. The monoisotopic (exact) mass is 315 g/mol. The highest BCUT2D eigenvalue weighted by Crippen LogP contribution is 2.33. The Balaban J connectivity index is 2.11. The summed E-state index contributed by atoms with van der Waals surface area (Å²) < 4.78 is 5.89. The SMILES string of the molecule is NC(=S)c1ncccc1Oc1ccc(Cl)c2cccnc12. The second kappa shape index (κ2) is 5.63. The third-order valence-electron chi connectivity index (χ3n) is 2.90. The molecule has 2 aromatic heterocycles. The predicted molar refractivity (Wildman–Crippen MR) is 87.0 cm³/mol. The summed E-state index contributed by atoms with van der Waals surface area (Å²) in [6, 6.07) is 10.7. The first kappa shape index (κ1) is 13.7. The molecule has 0 amide bonds. The van der Waals surface area contributed by atoms with Crippen LogP contribution in [0.2, 0.25) is 5.02 Å². The smallest absolute Gasteiger partial charge is 0.156 e. The molecular weight excluding hydrogens is 306 g/mol. The van der Waals surface area contributed by atoms with Gasteiger partial charge in [0.05, 0.1) is 5.02 Å². The number of nitrogens with zero attached hydrogens (tertiary/aromatic N) is 2. The lowest BCUT2D eigenvalue weighted by atomic mass is 10.2. The maximum absolute atomic E-state index is 6.17. The van der Waals surface area contributed by atoms with E-state index in [9.17, 15) is 0 Å². The number of halogens is 1. The number of aromatic nitrogens is 2. The lowest BCUT2D eigenvalue weighted by Crippen LogP contribution is -2.12. The van der Waals surface area contributed by atoms with Crippen LogP contribution in [-0.4, -0.2) is 15.0 Å². The largest absolute Gasteiger partial charge is 0.453 e. The van der Waals surface area contributed by atoms with Gasteiger partial charge in [0, 0.05) is 17.8 Å². The zero-order chi connectivity index (χ0) is 14.8. The minimum absolute atomic E-state index is 0.178. The Morgan fingerprint density at radius 2 is 1.81 bits per heavy atom. The zero-order valence-electron chi connectivity index (χ0n) is 10.8. The summed E-state index contributed by atoms with van der Waals surface area (Å²) in [4.78, 5) is 8.63. The predicted octanol–water partition coefficient (Wildman–Crippen LogP) is 3.71. The van der Waals surface area contributed by atoms with Crippen LogP contribution >= 0.6 is 23.8 Å². The van der Waals surface area contributed by atoms with Crippen LogP contribution in [0.15, 0.2) is 48.8 Å². The molecule has 3 rings (SSSR count). The van der Waals surface area contributed by atoms with Crippen molar-refractivity contribution in [3.8, 4) is 11.5 Å². The van der Waals surface area contributed by atoms with Crippen LogP contribution in [0.5, 0.6) is 11.5 Å². The van der Waals surface area contributed by atoms with Crippen molar-refractivity contribution < 1.29 is 4.74 Å². The quantitative estimate of drug-likeness (QED) is 0.747. The van der Waals surface area contributed by atoms with Gasteiger partial charge in [-0.25, -0.2) is 4.98 Å². The first-order chi connectivity index (χ1) is 10.2. The molecule has 0 saturated carbocycles. The van der Waals surface area contributed by atoms with E-state index in [1.54, 1.807) is 36.7 Å². The summed E-state index contributed by atoms with van der Waals surface area (Å²) in [6.07, 6.45) is 3.29. The number of thiocarbonyl (C=S) groups is 1. The summed E-state index contributed by atoms with van der Waals surface area (Å²) in [5.41, 5.74) is 6.76. The third kappa shape index (κ3) is 2.66. The number of ether oxygens (including phenoxy) is 1. The van der Waals surface area contributed by atoms with Crippen molar-refractivity contribution in [3.05, 3.63) is 59.5 Å². The van der Waals surface area contributed by atoms with E-state index in [0.717, 1.165) is 5.39 Å². The second-order valence-corrected chi connectivity index (χ2v) is 5.11. The summed E-state index contributed by atoms with van der Waals surface area (Å²) in [5.74, 6) is 1.06. The highest BCUT2D eigenvalue weighted by molar-refractivity contribution is 7.80. The standard InChI is InChI=1S/C15H10ClN3OS/c16-10-5-6-12(13-9(10)3-1-7-18-13)20-11-4-2-8-19-14(11)15(17)21/h1-8H,(H2,17,21). The molecule has 0 unspecified atom stereocenters. The van der Waals surface area contributed by atoms with Crippen molar-refractivity contribution in [1.82, 2.24) is 9.97 Å². The maximum atomic E-state index is 6.17. The van der Waals surface area contributed by atoms with Gasteiger partial charge in [0.2, 0.25) is 0 Å². The van der Waals surface area contributed by atoms with Crippen LogP contribution in [0.3, 0.4) is 0 Å². The highest BCUT2D eigenvalue weighted by atomic mass is 35.5. The summed E-state index contributed by atoms with van der Waals surface area (Å²) in [5, 5.41) is 1.43. The molecule has 0 aliphatic heterocycles. The fraction of sp³-hybridized carbons (Fsp3) is 0. The van der Waals surface area contributed by atoms with Crippen molar-refractivity contribution in [2.24, 2.45) is 5.73 Å². The van der Waals surface area contributed by atoms with Crippen LogP contribution < -0.4 is 10.5 Å². The number of rotatable bonds is 3. The normalized spacial score (nSPS) is 10.5. The van der Waals surface area contributed by atoms with Crippen LogP contribution in [0.25, 0.3) is 10.9 Å². The topological polar surface area (TPSA) is 61.0 Å². The van der Waals surface area contributed by atoms with E-state index < -0.39 is 0 Å². The van der Waals surface area contributed by atoms with Crippen LogP contribution in [0.4, 0.5) is 0 Å². The molecule has 6 heteroatoms. The van der Waals surface area contributed by atoms with Crippen LogP contribution in [0.1, 0.15) is 5.69 Å². The molecule has 0 bridgehead atoms. The highest BCUT2D eigenvalue weighted by Gasteiger charge is 2.12. The lowest BCUT2D eigenvalue weighted by molar-refractivity contribution is 0.483. The average Bonchev–Trinajstić information content (AvgIpc) is 2.51. The fourth-order valence-corrected chi connectivity index (χ4v) is 2.34. The van der Waals surface area contributed by atoms with Gasteiger partial charge in [-0.15, -0.1) is 0 Å². The molecule has 104 valence electrons. The molecule has 0 aliphatic carbocycles. The molecular formula is C15H10ClN3OS. The number of pyridine rings is 2. The van der Waals surface area contributed by atoms with Crippen molar-refractivity contribution in [1.29, 1.82) is 0 Å².